The van der Waals surface area contributed by atoms with E-state index in [1.165, 1.54) is 6.08 Å². The van der Waals surface area contributed by atoms with Crippen molar-refractivity contribution in [3.63, 3.8) is 0 Å². The van der Waals surface area contributed by atoms with Gasteiger partial charge in [0.2, 0.25) is 0 Å². The summed E-state index contributed by atoms with van der Waals surface area (Å²) in [4.78, 5) is 0. The highest BCUT2D eigenvalue weighted by Crippen LogP contribution is 2.16. The first-order valence-electron chi connectivity index (χ1n) is 3.79. The van der Waals surface area contributed by atoms with Gasteiger partial charge in [0, 0.05) is 6.42 Å². The topological polar surface area (TPSA) is 23.8 Å². The third-order valence-corrected chi connectivity index (χ3v) is 1.25. The Morgan fingerprint density at radius 1 is 1.17 bits per heavy atom. The number of halogens is 3. The molecule has 0 aromatic carbocycles. The van der Waals surface area contributed by atoms with Gasteiger partial charge >= 0.3 is 6.98 Å². The van der Waals surface area contributed by atoms with Crippen LogP contribution in [-0.4, -0.2) is 6.98 Å². The summed E-state index contributed by atoms with van der Waals surface area (Å²) < 4.78 is 34.8. The van der Waals surface area contributed by atoms with Crippen molar-refractivity contribution in [2.75, 3.05) is 0 Å². The van der Waals surface area contributed by atoms with Crippen LogP contribution in [-0.2, 0) is 0 Å². The van der Waals surface area contributed by atoms with Crippen molar-refractivity contribution in [1.82, 2.24) is 0 Å². The zero-order chi connectivity index (χ0) is 9.45. The van der Waals surface area contributed by atoms with Crippen molar-refractivity contribution in [3.8, 4) is 6.07 Å². The number of hydrogen-bond donors (Lipinski definition) is 0. The minimum atomic E-state index is -4.64. The molecule has 0 unspecified atom stereocenters. The fourth-order valence-electron chi connectivity index (χ4n) is 0.669. The van der Waals surface area contributed by atoms with E-state index in [2.05, 4.69) is 0 Å². The molecule has 0 saturated carbocycles. The standard InChI is InChI=1S/C7H10BF3N/c9-8(10,11)6-4-2-1-3-5-7-12/h1-2H,3-6H2/q-1/b2-1-. The van der Waals surface area contributed by atoms with Gasteiger partial charge in [-0.05, 0) is 6.42 Å². The van der Waals surface area contributed by atoms with Crippen LogP contribution in [0.1, 0.15) is 19.3 Å². The van der Waals surface area contributed by atoms with Gasteiger partial charge in [0.25, 0.3) is 0 Å². The lowest BCUT2D eigenvalue weighted by Gasteiger charge is -2.10. The molecule has 0 N–H and O–H groups in total. The molecule has 5 heteroatoms. The van der Waals surface area contributed by atoms with Gasteiger partial charge in [-0.1, -0.05) is 24.9 Å². The molecule has 0 aromatic heterocycles. The van der Waals surface area contributed by atoms with Gasteiger partial charge in [-0.3, -0.25) is 0 Å². The third kappa shape index (κ3) is 9.08. The van der Waals surface area contributed by atoms with Crippen LogP contribution in [0.3, 0.4) is 0 Å². The highest BCUT2D eigenvalue weighted by atomic mass is 19.4. The van der Waals surface area contributed by atoms with E-state index < -0.39 is 13.3 Å². The maximum absolute atomic E-state index is 11.6. The molecule has 0 saturated heterocycles. The third-order valence-electron chi connectivity index (χ3n) is 1.25. The van der Waals surface area contributed by atoms with Crippen LogP contribution in [0.15, 0.2) is 12.2 Å². The molecule has 0 rings (SSSR count). The molecular formula is C7H10BF3N-. The molecule has 0 atom stereocenters. The molecule has 0 heterocycles. The normalized spacial score (nSPS) is 11.8. The van der Waals surface area contributed by atoms with Crippen LogP contribution < -0.4 is 0 Å². The van der Waals surface area contributed by atoms with Crippen molar-refractivity contribution >= 4 is 6.98 Å². The lowest BCUT2D eigenvalue weighted by Crippen LogP contribution is -2.12. The molecule has 0 aromatic rings. The van der Waals surface area contributed by atoms with Gasteiger partial charge in [0.15, 0.2) is 0 Å². The number of nitriles is 1. The van der Waals surface area contributed by atoms with E-state index >= 15 is 0 Å². The molecule has 12 heavy (non-hydrogen) atoms. The number of hydrogen-bond acceptors (Lipinski definition) is 1. The van der Waals surface area contributed by atoms with Crippen molar-refractivity contribution in [1.29, 1.82) is 5.26 Å². The molecule has 0 radical (unpaired) electrons. The molecule has 0 aliphatic heterocycles. The molecule has 68 valence electrons. The van der Waals surface area contributed by atoms with Crippen LogP contribution in [0.25, 0.3) is 0 Å². The molecular weight excluding hydrogens is 166 g/mol. The number of nitrogens with zero attached hydrogens (tertiary/aromatic N) is 1. The smallest absolute Gasteiger partial charge is 0.449 e. The molecule has 0 aliphatic rings. The summed E-state index contributed by atoms with van der Waals surface area (Å²) in [5.41, 5.74) is 0. The Labute approximate surface area is 69.9 Å². The first-order valence-corrected chi connectivity index (χ1v) is 3.79. The fourth-order valence-corrected chi connectivity index (χ4v) is 0.669. The molecule has 0 amide bonds. The second-order valence-electron chi connectivity index (χ2n) is 2.46. The average Bonchev–Trinajstić information content (AvgIpc) is 1.94. The molecule has 0 spiro atoms. The van der Waals surface area contributed by atoms with Gasteiger partial charge < -0.3 is 12.9 Å². The lowest BCUT2D eigenvalue weighted by molar-refractivity contribution is 0.468. The zero-order valence-electron chi connectivity index (χ0n) is 6.64. The van der Waals surface area contributed by atoms with Gasteiger partial charge in [-0.2, -0.15) is 5.26 Å². The monoisotopic (exact) mass is 176 g/mol. The zero-order valence-corrected chi connectivity index (χ0v) is 6.64. The second-order valence-corrected chi connectivity index (χ2v) is 2.46. The van der Waals surface area contributed by atoms with E-state index in [0.29, 0.717) is 12.8 Å². The SMILES string of the molecule is N#CCC/C=C\CC[B-](F)(F)F. The van der Waals surface area contributed by atoms with Crippen LogP contribution in [0.4, 0.5) is 12.9 Å². The molecule has 0 bridgehead atoms. The maximum atomic E-state index is 11.6. The van der Waals surface area contributed by atoms with E-state index in [1.54, 1.807) is 6.08 Å². The van der Waals surface area contributed by atoms with Crippen molar-refractivity contribution in [2.45, 2.75) is 25.6 Å². The number of allylic oxidation sites excluding steroid dienone is 2. The van der Waals surface area contributed by atoms with E-state index in [9.17, 15) is 12.9 Å². The van der Waals surface area contributed by atoms with Gasteiger partial charge in [0.05, 0.1) is 6.07 Å². The highest BCUT2D eigenvalue weighted by molar-refractivity contribution is 6.58. The maximum Gasteiger partial charge on any atom is 0.478 e. The number of rotatable bonds is 5. The first kappa shape index (κ1) is 11.1. The van der Waals surface area contributed by atoms with Crippen molar-refractivity contribution in [2.24, 2.45) is 0 Å². The van der Waals surface area contributed by atoms with Crippen LogP contribution in [0.5, 0.6) is 0 Å². The van der Waals surface area contributed by atoms with Crippen molar-refractivity contribution < 1.29 is 12.9 Å². The molecule has 0 fully saturated rings. The Morgan fingerprint density at radius 2 is 1.75 bits per heavy atom. The van der Waals surface area contributed by atoms with Gasteiger partial charge in [0.1, 0.15) is 0 Å². The average molecular weight is 176 g/mol. The minimum absolute atomic E-state index is 0.0366. The lowest BCUT2D eigenvalue weighted by atomic mass is 9.84. The Hall–Kier alpha value is -0.915. The Balaban J connectivity index is 3.32. The van der Waals surface area contributed by atoms with E-state index in [1.807, 2.05) is 6.07 Å². The summed E-state index contributed by atoms with van der Waals surface area (Å²) >= 11 is 0. The predicted octanol–water partition coefficient (Wildman–Crippen LogP) is 3.08. The van der Waals surface area contributed by atoms with Crippen LogP contribution in [0, 0.1) is 11.3 Å². The quantitative estimate of drug-likeness (QED) is 0.358. The second kappa shape index (κ2) is 5.70. The van der Waals surface area contributed by atoms with Crippen LogP contribution >= 0.6 is 0 Å². The summed E-state index contributed by atoms with van der Waals surface area (Å²) in [6.07, 6.45) is 3.32. The first-order chi connectivity index (χ1) is 5.56. The van der Waals surface area contributed by atoms with Crippen LogP contribution in [0.2, 0.25) is 6.32 Å². The summed E-state index contributed by atoms with van der Waals surface area (Å²) in [7, 11) is 0. The highest BCUT2D eigenvalue weighted by Gasteiger charge is 2.20. The summed E-state index contributed by atoms with van der Waals surface area (Å²) in [6, 6.07) is 1.91. The fraction of sp³-hybridized carbons (Fsp3) is 0.571. The predicted molar refractivity (Wildman–Crippen MR) is 42.5 cm³/mol. The summed E-state index contributed by atoms with van der Waals surface area (Å²) in [6.45, 7) is -4.64. The Kier molecular flexibility index (Phi) is 5.26. The van der Waals surface area contributed by atoms with E-state index in [-0.39, 0.29) is 6.42 Å². The minimum Gasteiger partial charge on any atom is -0.449 e. The Morgan fingerprint density at radius 3 is 2.25 bits per heavy atom. The van der Waals surface area contributed by atoms with E-state index in [0.717, 1.165) is 0 Å². The summed E-state index contributed by atoms with van der Waals surface area (Å²) in [5, 5.41) is 8.09. The van der Waals surface area contributed by atoms with E-state index in [4.69, 9.17) is 5.26 Å². The molecule has 0 aliphatic carbocycles. The molecule has 1 nitrogen and oxygen atoms in total. The summed E-state index contributed by atoms with van der Waals surface area (Å²) in [5.74, 6) is 0. The number of unbranched alkanes of at least 4 members (excludes halogenated alkanes) is 1. The Bertz CT molecular complexity index is 180. The largest absolute Gasteiger partial charge is 0.478 e. The van der Waals surface area contributed by atoms with Gasteiger partial charge in [-0.15, -0.1) is 0 Å². The van der Waals surface area contributed by atoms with Crippen molar-refractivity contribution in [3.05, 3.63) is 12.2 Å². The van der Waals surface area contributed by atoms with Gasteiger partial charge in [-0.25, -0.2) is 0 Å².